The van der Waals surface area contributed by atoms with Crippen molar-refractivity contribution in [2.75, 3.05) is 5.32 Å². The van der Waals surface area contributed by atoms with E-state index in [9.17, 15) is 4.79 Å². The van der Waals surface area contributed by atoms with Crippen LogP contribution in [0.3, 0.4) is 0 Å². The van der Waals surface area contributed by atoms with E-state index in [0.29, 0.717) is 11.0 Å². The Balaban J connectivity index is 1.62. The van der Waals surface area contributed by atoms with Gasteiger partial charge >= 0.3 is 0 Å². The molecule has 3 rings (SSSR count). The van der Waals surface area contributed by atoms with E-state index in [-0.39, 0.29) is 11.2 Å². The maximum absolute atomic E-state index is 12.3. The number of aromatic amines is 1. The molecule has 1 aromatic heterocycles. The first-order valence-electron chi connectivity index (χ1n) is 7.33. The second-order valence-electron chi connectivity index (χ2n) is 5.09. The van der Waals surface area contributed by atoms with Crippen molar-refractivity contribution in [1.82, 2.24) is 15.2 Å². The van der Waals surface area contributed by atoms with Gasteiger partial charge in [0.2, 0.25) is 11.1 Å². The zero-order chi connectivity index (χ0) is 16.9. The molecule has 0 spiro atoms. The number of thioether (sulfide) groups is 1. The molecule has 1 amide bonds. The summed E-state index contributed by atoms with van der Waals surface area (Å²) in [5, 5.41) is 10.2. The number of carbonyl (C=O) groups is 1. The summed E-state index contributed by atoms with van der Waals surface area (Å²) >= 11 is 4.68. The highest BCUT2D eigenvalue weighted by Gasteiger charge is 2.17. The highest BCUT2D eigenvalue weighted by atomic mass is 79.9. The summed E-state index contributed by atoms with van der Waals surface area (Å²) in [6, 6.07) is 17.2. The molecular formula is C17H15BrN4OS. The summed E-state index contributed by atoms with van der Waals surface area (Å²) in [4.78, 5) is 16.7. The van der Waals surface area contributed by atoms with Crippen LogP contribution in [0.2, 0.25) is 0 Å². The minimum absolute atomic E-state index is 0.0895. The van der Waals surface area contributed by atoms with Crippen LogP contribution in [0.1, 0.15) is 6.92 Å². The molecule has 2 N–H and O–H groups in total. The number of nitrogens with zero attached hydrogens (tertiary/aromatic N) is 2. The van der Waals surface area contributed by atoms with Gasteiger partial charge in [-0.15, -0.1) is 5.10 Å². The van der Waals surface area contributed by atoms with E-state index >= 15 is 0 Å². The molecule has 1 heterocycles. The molecule has 5 nitrogen and oxygen atoms in total. The second-order valence-corrected chi connectivity index (χ2v) is 7.31. The Labute approximate surface area is 152 Å². The largest absolute Gasteiger partial charge is 0.325 e. The molecule has 24 heavy (non-hydrogen) atoms. The number of nitrogens with one attached hydrogen (secondary N) is 2. The van der Waals surface area contributed by atoms with Gasteiger partial charge < -0.3 is 5.32 Å². The first-order chi connectivity index (χ1) is 11.6. The van der Waals surface area contributed by atoms with Gasteiger partial charge in [-0.1, -0.05) is 58.0 Å². The fourth-order valence-electron chi connectivity index (χ4n) is 2.01. The Hall–Kier alpha value is -2.12. The van der Waals surface area contributed by atoms with E-state index in [1.54, 1.807) is 0 Å². The number of benzene rings is 2. The van der Waals surface area contributed by atoms with Crippen molar-refractivity contribution >= 4 is 39.3 Å². The zero-order valence-corrected chi connectivity index (χ0v) is 15.3. The summed E-state index contributed by atoms with van der Waals surface area (Å²) in [7, 11) is 0. The van der Waals surface area contributed by atoms with E-state index in [1.807, 2.05) is 61.5 Å². The quantitative estimate of drug-likeness (QED) is 0.622. The Morgan fingerprint density at radius 1 is 1.17 bits per heavy atom. The second kappa shape index (κ2) is 7.63. The predicted molar refractivity (Wildman–Crippen MR) is 99.9 cm³/mol. The van der Waals surface area contributed by atoms with Gasteiger partial charge in [0.25, 0.3) is 0 Å². The minimum atomic E-state index is -0.312. The van der Waals surface area contributed by atoms with Gasteiger partial charge in [-0.2, -0.15) is 0 Å². The predicted octanol–water partition coefficient (Wildman–Crippen LogP) is 4.35. The molecule has 2 aromatic carbocycles. The fraction of sp³-hybridized carbons (Fsp3) is 0.118. The van der Waals surface area contributed by atoms with Gasteiger partial charge in [-0.25, -0.2) is 4.98 Å². The van der Waals surface area contributed by atoms with Crippen molar-refractivity contribution in [2.24, 2.45) is 0 Å². The van der Waals surface area contributed by atoms with Gasteiger partial charge in [0.05, 0.1) is 5.25 Å². The lowest BCUT2D eigenvalue weighted by Crippen LogP contribution is -2.22. The molecule has 1 unspecified atom stereocenters. The van der Waals surface area contributed by atoms with Crippen LogP contribution in [-0.2, 0) is 4.79 Å². The highest BCUT2D eigenvalue weighted by Crippen LogP contribution is 2.23. The summed E-state index contributed by atoms with van der Waals surface area (Å²) in [6.07, 6.45) is 0. The summed E-state index contributed by atoms with van der Waals surface area (Å²) in [6.45, 7) is 1.83. The molecule has 0 saturated carbocycles. The van der Waals surface area contributed by atoms with Gasteiger partial charge in [0, 0.05) is 15.7 Å². The maximum atomic E-state index is 12.3. The van der Waals surface area contributed by atoms with Gasteiger partial charge in [-0.3, -0.25) is 9.89 Å². The molecule has 7 heteroatoms. The van der Waals surface area contributed by atoms with Crippen LogP contribution in [0.25, 0.3) is 11.4 Å². The lowest BCUT2D eigenvalue weighted by Gasteiger charge is -2.10. The summed E-state index contributed by atoms with van der Waals surface area (Å²) < 4.78 is 0.970. The molecule has 0 aliphatic heterocycles. The monoisotopic (exact) mass is 402 g/mol. The van der Waals surface area contributed by atoms with Gasteiger partial charge in [0.15, 0.2) is 5.82 Å². The number of carbonyl (C=O) groups excluding carboxylic acids is 1. The molecule has 122 valence electrons. The average molecular weight is 403 g/mol. The number of hydrogen-bond acceptors (Lipinski definition) is 4. The molecule has 0 bridgehead atoms. The topological polar surface area (TPSA) is 70.7 Å². The van der Waals surface area contributed by atoms with E-state index in [4.69, 9.17) is 0 Å². The summed E-state index contributed by atoms with van der Waals surface area (Å²) in [5.74, 6) is 0.604. The van der Waals surface area contributed by atoms with Crippen LogP contribution >= 0.6 is 27.7 Å². The van der Waals surface area contributed by atoms with Crippen LogP contribution < -0.4 is 5.32 Å². The van der Waals surface area contributed by atoms with Crippen molar-refractivity contribution < 1.29 is 4.79 Å². The normalized spacial score (nSPS) is 11.9. The summed E-state index contributed by atoms with van der Waals surface area (Å²) in [5.41, 5.74) is 1.72. The minimum Gasteiger partial charge on any atom is -0.325 e. The van der Waals surface area contributed by atoms with E-state index in [1.165, 1.54) is 11.8 Å². The van der Waals surface area contributed by atoms with Gasteiger partial charge in [-0.05, 0) is 31.2 Å². The highest BCUT2D eigenvalue weighted by molar-refractivity contribution is 9.10. The Bertz CT molecular complexity index is 820. The number of anilines is 1. The Kier molecular flexibility index (Phi) is 5.32. The molecular weight excluding hydrogens is 388 g/mol. The third-order valence-corrected chi connectivity index (χ3v) is 4.76. The van der Waals surface area contributed by atoms with Crippen molar-refractivity contribution in [3.63, 3.8) is 0 Å². The maximum Gasteiger partial charge on any atom is 0.237 e. The molecule has 3 aromatic rings. The van der Waals surface area contributed by atoms with Crippen LogP contribution in [0, 0.1) is 0 Å². The van der Waals surface area contributed by atoms with Crippen LogP contribution in [0.4, 0.5) is 5.69 Å². The number of amides is 1. The van der Waals surface area contributed by atoms with E-state index in [0.717, 1.165) is 15.7 Å². The van der Waals surface area contributed by atoms with Crippen molar-refractivity contribution in [3.05, 3.63) is 59.1 Å². The average Bonchev–Trinajstić information content (AvgIpc) is 3.06. The smallest absolute Gasteiger partial charge is 0.237 e. The molecule has 0 saturated heterocycles. The SMILES string of the molecule is CC(Sc1n[nH]c(-c2ccccc2)n1)C(=O)Nc1ccc(Br)cc1. The molecule has 0 aliphatic carbocycles. The number of aromatic nitrogens is 3. The molecule has 0 radical (unpaired) electrons. The first-order valence-corrected chi connectivity index (χ1v) is 9.00. The number of rotatable bonds is 5. The van der Waals surface area contributed by atoms with Crippen LogP contribution in [-0.4, -0.2) is 26.3 Å². The van der Waals surface area contributed by atoms with Crippen LogP contribution in [0.5, 0.6) is 0 Å². The third kappa shape index (κ3) is 4.24. The first kappa shape index (κ1) is 16.7. The van der Waals surface area contributed by atoms with E-state index in [2.05, 4.69) is 36.4 Å². The van der Waals surface area contributed by atoms with E-state index < -0.39 is 0 Å². The Morgan fingerprint density at radius 3 is 2.58 bits per heavy atom. The number of H-pyrrole nitrogens is 1. The lowest BCUT2D eigenvalue weighted by atomic mass is 10.2. The van der Waals surface area contributed by atoms with Crippen molar-refractivity contribution in [1.29, 1.82) is 0 Å². The van der Waals surface area contributed by atoms with Gasteiger partial charge in [0.1, 0.15) is 0 Å². The van der Waals surface area contributed by atoms with Crippen LogP contribution in [0.15, 0.2) is 64.2 Å². The van der Waals surface area contributed by atoms with Crippen molar-refractivity contribution in [3.8, 4) is 11.4 Å². The molecule has 0 fully saturated rings. The lowest BCUT2D eigenvalue weighted by molar-refractivity contribution is -0.115. The molecule has 0 aliphatic rings. The zero-order valence-electron chi connectivity index (χ0n) is 12.9. The standard InChI is InChI=1S/C17H15BrN4OS/c1-11(16(23)19-14-9-7-13(18)8-10-14)24-17-20-15(21-22-17)12-5-3-2-4-6-12/h2-11H,1H3,(H,19,23)(H,20,21,22). The van der Waals surface area contributed by atoms with Crippen molar-refractivity contribution in [2.45, 2.75) is 17.3 Å². The molecule has 1 atom stereocenters. The fourth-order valence-corrected chi connectivity index (χ4v) is 3.00. The number of hydrogen-bond donors (Lipinski definition) is 2. The number of halogens is 1. The Morgan fingerprint density at radius 2 is 1.88 bits per heavy atom. The third-order valence-electron chi connectivity index (χ3n) is 3.28.